The maximum absolute atomic E-state index is 6.18. The van der Waals surface area contributed by atoms with Crippen LogP contribution >= 0.6 is 11.3 Å². The third-order valence-corrected chi connectivity index (χ3v) is 19.9. The van der Waals surface area contributed by atoms with Gasteiger partial charge in [-0.15, -0.1) is 11.3 Å². The van der Waals surface area contributed by atoms with Gasteiger partial charge in [-0.05, 0) is 113 Å². The highest BCUT2D eigenvalue weighted by atomic mass is 32.1. The van der Waals surface area contributed by atoms with E-state index in [1.807, 2.05) is 35.6 Å². The average molecular weight is 1130 g/mol. The first kappa shape index (κ1) is 50.8. The number of methoxy groups -OCH3 is 2. The van der Waals surface area contributed by atoms with Crippen LogP contribution < -0.4 is 9.47 Å². The quantitative estimate of drug-likeness (QED) is 0.128. The molecular formula is C82H54N2O2S. The van der Waals surface area contributed by atoms with E-state index in [9.17, 15) is 0 Å². The van der Waals surface area contributed by atoms with Gasteiger partial charge in [0.1, 0.15) is 22.5 Å². The molecule has 410 valence electrons. The van der Waals surface area contributed by atoms with Crippen molar-refractivity contribution in [3.05, 3.63) is 336 Å². The van der Waals surface area contributed by atoms with Crippen molar-refractivity contribution in [3.8, 4) is 76.9 Å². The molecule has 87 heavy (non-hydrogen) atoms. The van der Waals surface area contributed by atoms with Crippen molar-refractivity contribution in [3.63, 3.8) is 0 Å². The molecule has 0 saturated heterocycles. The molecule has 0 bridgehead atoms. The zero-order chi connectivity index (χ0) is 57.8. The van der Waals surface area contributed by atoms with Gasteiger partial charge < -0.3 is 9.47 Å². The van der Waals surface area contributed by atoms with Crippen LogP contribution in [0.25, 0.3) is 109 Å². The number of nitrogens with zero attached hydrogens (tertiary/aromatic N) is 2. The lowest BCUT2D eigenvalue weighted by Crippen LogP contribution is -2.28. The van der Waals surface area contributed by atoms with Crippen molar-refractivity contribution in [1.29, 1.82) is 0 Å². The number of aromatic nitrogens is 2. The molecule has 13 aromatic carbocycles. The van der Waals surface area contributed by atoms with Crippen LogP contribution in [0.5, 0.6) is 11.5 Å². The van der Waals surface area contributed by atoms with Crippen LogP contribution in [0.4, 0.5) is 0 Å². The number of hydrogen-bond acceptors (Lipinski definition) is 5. The summed E-state index contributed by atoms with van der Waals surface area (Å²) in [6.45, 7) is 0. The molecule has 2 aliphatic carbocycles. The molecule has 5 heteroatoms. The highest BCUT2D eigenvalue weighted by Gasteiger charge is 2.49. The summed E-state index contributed by atoms with van der Waals surface area (Å²) in [5.74, 6) is 1.62. The molecule has 0 radical (unpaired) electrons. The Bertz CT molecular complexity index is 4840. The third kappa shape index (κ3) is 7.30. The lowest BCUT2D eigenvalue weighted by atomic mass is 9.67. The van der Waals surface area contributed by atoms with E-state index in [-0.39, 0.29) is 0 Å². The minimum absolute atomic E-state index is 0.607. The minimum atomic E-state index is -0.607. The van der Waals surface area contributed by atoms with Crippen molar-refractivity contribution in [2.24, 2.45) is 0 Å². The Balaban J connectivity index is 1.03. The number of hydrogen-bond donors (Lipinski definition) is 0. The van der Waals surface area contributed by atoms with Gasteiger partial charge in [0.25, 0.3) is 0 Å². The van der Waals surface area contributed by atoms with Gasteiger partial charge in [0, 0.05) is 33.0 Å². The highest BCUT2D eigenvalue weighted by molar-refractivity contribution is 7.21. The molecule has 0 atom stereocenters. The standard InChI is InChI=1S/C82H54N2O2S/c1-85-71-43-21-17-33-57(71)51-45-47-59-60-48-46-52(58-34-18-22-44-72(58)86-2)50-66(60)76-75(65(59)49-51)83-77-78(84-76)80(64-38-24-42-70-74(64)62-36-16-20-40-68(62)82(70,55-29-11-5-12-30-55)56-31-13-6-14-32-56)87-79(77)63-37-23-41-69-73(63)61-35-15-19-39-67(61)81(69,53-25-7-3-8-26-53)54-27-9-4-10-28-54/h3-50H,1-2H3. The van der Waals surface area contributed by atoms with Crippen molar-refractivity contribution in [2.45, 2.75) is 10.8 Å². The van der Waals surface area contributed by atoms with Crippen molar-refractivity contribution >= 4 is 54.9 Å². The predicted octanol–water partition coefficient (Wildman–Crippen LogP) is 20.6. The van der Waals surface area contributed by atoms with Gasteiger partial charge in [-0.25, -0.2) is 9.97 Å². The zero-order valence-corrected chi connectivity index (χ0v) is 48.6. The normalized spacial score (nSPS) is 13.4. The Morgan fingerprint density at radius 2 is 0.598 bits per heavy atom. The second kappa shape index (κ2) is 20.0. The molecular weight excluding hydrogens is 1080 g/mol. The van der Waals surface area contributed by atoms with Crippen LogP contribution in [0.3, 0.4) is 0 Å². The van der Waals surface area contributed by atoms with E-state index in [2.05, 4.69) is 267 Å². The van der Waals surface area contributed by atoms with Gasteiger partial charge in [0.15, 0.2) is 0 Å². The van der Waals surface area contributed by atoms with E-state index in [0.717, 1.165) is 98.2 Å². The van der Waals surface area contributed by atoms with Crippen LogP contribution in [0.15, 0.2) is 291 Å². The van der Waals surface area contributed by atoms with Gasteiger partial charge in [-0.3, -0.25) is 0 Å². The summed E-state index contributed by atoms with van der Waals surface area (Å²) in [6.07, 6.45) is 0. The molecule has 0 saturated carbocycles. The van der Waals surface area contributed by atoms with Gasteiger partial charge in [-0.2, -0.15) is 0 Å². The van der Waals surface area contributed by atoms with E-state index in [4.69, 9.17) is 19.4 Å². The molecule has 0 N–H and O–H groups in total. The number of fused-ring (bicyclic) bond motifs is 13. The first-order chi connectivity index (χ1) is 43.1. The molecule has 0 unspecified atom stereocenters. The maximum atomic E-state index is 6.18. The van der Waals surface area contributed by atoms with Crippen LogP contribution in [0.2, 0.25) is 0 Å². The summed E-state index contributed by atoms with van der Waals surface area (Å²) in [5.41, 5.74) is 23.2. The van der Waals surface area contributed by atoms with Gasteiger partial charge >= 0.3 is 0 Å². The van der Waals surface area contributed by atoms with Gasteiger partial charge in [0.05, 0.1) is 45.8 Å². The van der Waals surface area contributed by atoms with Crippen LogP contribution in [0, 0.1) is 0 Å². The van der Waals surface area contributed by atoms with Crippen LogP contribution in [-0.4, -0.2) is 24.2 Å². The van der Waals surface area contributed by atoms with Gasteiger partial charge in [0.2, 0.25) is 0 Å². The molecule has 15 aromatic rings. The monoisotopic (exact) mass is 1130 g/mol. The lowest BCUT2D eigenvalue weighted by Gasteiger charge is -2.34. The van der Waals surface area contributed by atoms with Crippen LogP contribution in [0.1, 0.15) is 44.5 Å². The summed E-state index contributed by atoms with van der Waals surface area (Å²) >= 11 is 1.82. The topological polar surface area (TPSA) is 44.2 Å². The SMILES string of the molecule is COc1ccccc1-c1ccc2c3ccc(-c4ccccc4OC)cc3c3nc4c(-c5cccc6c5-c5ccccc5C6(c5ccccc5)c5ccccc5)sc(-c5cccc6c5-c5ccccc5C6(c5ccccc5)c5ccccc5)c4nc3c2c1. The van der Waals surface area contributed by atoms with Crippen molar-refractivity contribution in [2.75, 3.05) is 14.2 Å². The Morgan fingerprint density at radius 1 is 0.276 bits per heavy atom. The number of thiophene rings is 1. The predicted molar refractivity (Wildman–Crippen MR) is 359 cm³/mol. The second-order valence-corrected chi connectivity index (χ2v) is 23.8. The molecule has 0 spiro atoms. The lowest BCUT2D eigenvalue weighted by molar-refractivity contribution is 0.416. The first-order valence-corrected chi connectivity index (χ1v) is 30.5. The largest absolute Gasteiger partial charge is 0.496 e. The van der Waals surface area contributed by atoms with E-state index >= 15 is 0 Å². The number of rotatable bonds is 10. The van der Waals surface area contributed by atoms with Crippen LogP contribution in [-0.2, 0) is 10.8 Å². The Kier molecular flexibility index (Phi) is 11.6. The van der Waals surface area contributed by atoms with Crippen molar-refractivity contribution in [1.82, 2.24) is 9.97 Å². The van der Waals surface area contributed by atoms with E-state index in [0.29, 0.717) is 0 Å². The van der Waals surface area contributed by atoms with E-state index in [1.165, 1.54) is 66.8 Å². The average Bonchev–Trinajstić information content (AvgIpc) is 1.65. The Hall–Kier alpha value is -10.7. The molecule has 2 aromatic heterocycles. The summed E-state index contributed by atoms with van der Waals surface area (Å²) in [4.78, 5) is 14.5. The highest BCUT2D eigenvalue weighted by Crippen LogP contribution is 2.62. The smallest absolute Gasteiger partial charge is 0.126 e. The van der Waals surface area contributed by atoms with E-state index < -0.39 is 10.8 Å². The summed E-state index contributed by atoms with van der Waals surface area (Å²) in [7, 11) is 3.49. The fourth-order valence-corrected chi connectivity index (χ4v) is 16.3. The Labute approximate surface area is 508 Å². The maximum Gasteiger partial charge on any atom is 0.126 e. The first-order valence-electron chi connectivity index (χ1n) is 29.7. The zero-order valence-electron chi connectivity index (χ0n) is 47.8. The second-order valence-electron chi connectivity index (χ2n) is 22.8. The molecule has 4 nitrogen and oxygen atoms in total. The Morgan fingerprint density at radius 3 is 0.977 bits per heavy atom. The summed E-state index contributed by atoms with van der Waals surface area (Å²) < 4.78 is 12.0. The molecule has 0 fully saturated rings. The summed E-state index contributed by atoms with van der Waals surface area (Å²) in [6, 6.07) is 106. The molecule has 2 aliphatic rings. The number of para-hydroxylation sites is 2. The van der Waals surface area contributed by atoms with E-state index in [1.54, 1.807) is 14.2 Å². The van der Waals surface area contributed by atoms with Gasteiger partial charge in [-0.1, -0.05) is 267 Å². The minimum Gasteiger partial charge on any atom is -0.496 e. The molecule has 17 rings (SSSR count). The molecule has 0 amide bonds. The number of benzene rings is 13. The fraction of sp³-hybridized carbons (Fsp3) is 0.0488. The fourth-order valence-electron chi connectivity index (χ4n) is 15.1. The summed E-state index contributed by atoms with van der Waals surface area (Å²) in [5, 5.41) is 4.21. The third-order valence-electron chi connectivity index (χ3n) is 18.7. The molecule has 0 aliphatic heterocycles. The molecule has 2 heterocycles. The number of ether oxygens (including phenoxy) is 2. The van der Waals surface area contributed by atoms with Crippen molar-refractivity contribution < 1.29 is 9.47 Å².